The van der Waals surface area contributed by atoms with Crippen LogP contribution >= 0.6 is 0 Å². The smallest absolute Gasteiger partial charge is 0.0783 e. The standard InChI is InChI=1S/C43H38N2/c1-42(2,3)39-33-22-18-27-13-12-24-44-41(27)38(33)40(43(4,5)6)32-21-19-28(26-35(32)39)29-20-23-37-34(25-29)31-16-10-11-17-36(31)45(37)30-14-8-7-9-15-30/h7-26H,1-6H3. The Kier molecular flexibility index (Phi) is 5.99. The lowest BCUT2D eigenvalue weighted by Gasteiger charge is -2.31. The summed E-state index contributed by atoms with van der Waals surface area (Å²) in [6.07, 6.45) is 1.93. The van der Waals surface area contributed by atoms with Crippen molar-refractivity contribution in [3.8, 4) is 16.8 Å². The fraction of sp³-hybridized carbons (Fsp3) is 0.186. The van der Waals surface area contributed by atoms with E-state index in [4.69, 9.17) is 4.98 Å². The quantitative estimate of drug-likeness (QED) is 0.146. The summed E-state index contributed by atoms with van der Waals surface area (Å²) in [6, 6.07) is 42.4. The number of rotatable bonds is 2. The average Bonchev–Trinajstić information content (AvgIpc) is 3.36. The zero-order valence-corrected chi connectivity index (χ0v) is 26.9. The monoisotopic (exact) mass is 582 g/mol. The molecule has 45 heavy (non-hydrogen) atoms. The van der Waals surface area contributed by atoms with Gasteiger partial charge in [-0.2, -0.15) is 0 Å². The number of nitrogens with zero attached hydrogens (tertiary/aromatic N) is 2. The number of hydrogen-bond acceptors (Lipinski definition) is 1. The van der Waals surface area contributed by atoms with Crippen LogP contribution in [0.1, 0.15) is 52.7 Å². The Morgan fingerprint density at radius 2 is 1.13 bits per heavy atom. The second kappa shape index (κ2) is 9.78. The summed E-state index contributed by atoms with van der Waals surface area (Å²) < 4.78 is 2.38. The average molecular weight is 583 g/mol. The van der Waals surface area contributed by atoms with Gasteiger partial charge in [0.15, 0.2) is 0 Å². The molecule has 2 heteroatoms. The van der Waals surface area contributed by atoms with E-state index in [1.54, 1.807) is 0 Å². The van der Waals surface area contributed by atoms with Crippen LogP contribution in [0.5, 0.6) is 0 Å². The van der Waals surface area contributed by atoms with Gasteiger partial charge in [0.1, 0.15) is 0 Å². The Balaban J connectivity index is 1.44. The fourth-order valence-corrected chi connectivity index (χ4v) is 7.63. The molecule has 220 valence electrons. The molecule has 0 amide bonds. The number of fused-ring (bicyclic) bond motifs is 7. The lowest BCUT2D eigenvalue weighted by atomic mass is 9.73. The van der Waals surface area contributed by atoms with Gasteiger partial charge in [0.2, 0.25) is 0 Å². The highest BCUT2D eigenvalue weighted by atomic mass is 15.0. The molecule has 0 unspecified atom stereocenters. The molecule has 2 heterocycles. The van der Waals surface area contributed by atoms with E-state index in [-0.39, 0.29) is 10.8 Å². The molecule has 2 aromatic heterocycles. The molecule has 0 aliphatic heterocycles. The lowest BCUT2D eigenvalue weighted by molar-refractivity contribution is 0.593. The highest BCUT2D eigenvalue weighted by Crippen LogP contribution is 2.46. The van der Waals surface area contributed by atoms with Gasteiger partial charge >= 0.3 is 0 Å². The molecule has 8 aromatic rings. The lowest BCUT2D eigenvalue weighted by Crippen LogP contribution is -2.18. The van der Waals surface area contributed by atoms with Gasteiger partial charge in [-0.15, -0.1) is 0 Å². The molecule has 0 atom stereocenters. The summed E-state index contributed by atoms with van der Waals surface area (Å²) in [7, 11) is 0. The third kappa shape index (κ3) is 4.27. The molecule has 0 spiro atoms. The van der Waals surface area contributed by atoms with Crippen molar-refractivity contribution >= 4 is 54.3 Å². The first-order valence-electron chi connectivity index (χ1n) is 16.0. The zero-order chi connectivity index (χ0) is 31.1. The Morgan fingerprint density at radius 3 is 1.89 bits per heavy atom. The predicted molar refractivity (Wildman–Crippen MR) is 194 cm³/mol. The first-order chi connectivity index (χ1) is 21.6. The first kappa shape index (κ1) is 27.6. The van der Waals surface area contributed by atoms with Crippen LogP contribution in [0.3, 0.4) is 0 Å². The van der Waals surface area contributed by atoms with Crippen molar-refractivity contribution in [3.05, 3.63) is 133 Å². The van der Waals surface area contributed by atoms with E-state index in [0.717, 1.165) is 5.52 Å². The third-order valence-electron chi connectivity index (χ3n) is 9.37. The largest absolute Gasteiger partial charge is 0.309 e. The van der Waals surface area contributed by atoms with Crippen molar-refractivity contribution in [3.63, 3.8) is 0 Å². The van der Waals surface area contributed by atoms with E-state index in [1.807, 2.05) is 12.3 Å². The van der Waals surface area contributed by atoms with Gasteiger partial charge in [-0.05, 0) is 91.7 Å². The molecular formula is C43H38N2. The van der Waals surface area contributed by atoms with Crippen LogP contribution in [0.2, 0.25) is 0 Å². The summed E-state index contributed by atoms with van der Waals surface area (Å²) in [5.41, 5.74) is 9.82. The third-order valence-corrected chi connectivity index (χ3v) is 9.37. The molecule has 0 fully saturated rings. The Labute approximate surface area is 265 Å². The molecule has 0 aliphatic carbocycles. The number of hydrogen-bond donors (Lipinski definition) is 0. The number of pyridine rings is 1. The molecule has 0 radical (unpaired) electrons. The molecule has 6 aromatic carbocycles. The Morgan fingerprint density at radius 1 is 0.489 bits per heavy atom. The summed E-state index contributed by atoms with van der Waals surface area (Å²) in [5, 5.41) is 8.99. The highest BCUT2D eigenvalue weighted by Gasteiger charge is 2.29. The topological polar surface area (TPSA) is 17.8 Å². The van der Waals surface area contributed by atoms with E-state index in [9.17, 15) is 0 Å². The summed E-state index contributed by atoms with van der Waals surface area (Å²) in [6.45, 7) is 14.0. The van der Waals surface area contributed by atoms with Crippen molar-refractivity contribution in [1.82, 2.24) is 9.55 Å². The van der Waals surface area contributed by atoms with Crippen LogP contribution in [-0.4, -0.2) is 9.55 Å². The van der Waals surface area contributed by atoms with Crippen molar-refractivity contribution < 1.29 is 0 Å². The molecule has 2 nitrogen and oxygen atoms in total. The van der Waals surface area contributed by atoms with Crippen molar-refractivity contribution in [1.29, 1.82) is 0 Å². The fourth-order valence-electron chi connectivity index (χ4n) is 7.63. The number of benzene rings is 6. The Bertz CT molecular complexity index is 2430. The van der Waals surface area contributed by atoms with Crippen LogP contribution in [0.15, 0.2) is 121 Å². The van der Waals surface area contributed by atoms with Crippen molar-refractivity contribution in [2.45, 2.75) is 52.4 Å². The molecule has 8 rings (SSSR count). The maximum Gasteiger partial charge on any atom is 0.0783 e. The highest BCUT2D eigenvalue weighted by molar-refractivity contribution is 6.17. The minimum Gasteiger partial charge on any atom is -0.309 e. The van der Waals surface area contributed by atoms with Crippen LogP contribution in [-0.2, 0) is 10.8 Å². The zero-order valence-electron chi connectivity index (χ0n) is 26.9. The van der Waals surface area contributed by atoms with Gasteiger partial charge < -0.3 is 4.57 Å². The summed E-state index contributed by atoms with van der Waals surface area (Å²) in [5.74, 6) is 0. The van der Waals surface area contributed by atoms with Gasteiger partial charge in [0.05, 0.1) is 16.6 Å². The Hall–Kier alpha value is -4.95. The van der Waals surface area contributed by atoms with Gasteiger partial charge in [0, 0.05) is 33.4 Å². The van der Waals surface area contributed by atoms with Crippen LogP contribution < -0.4 is 0 Å². The minimum atomic E-state index is -0.0710. The molecule has 0 saturated heterocycles. The van der Waals surface area contributed by atoms with E-state index in [2.05, 4.69) is 155 Å². The van der Waals surface area contributed by atoms with E-state index in [0.29, 0.717) is 0 Å². The second-order valence-corrected chi connectivity index (χ2v) is 14.5. The molecule has 0 N–H and O–H groups in total. The van der Waals surface area contributed by atoms with E-state index >= 15 is 0 Å². The van der Waals surface area contributed by atoms with E-state index < -0.39 is 0 Å². The van der Waals surface area contributed by atoms with Gasteiger partial charge in [-0.25, -0.2) is 0 Å². The number of para-hydroxylation sites is 2. The number of aromatic nitrogens is 2. The molecule has 0 bridgehead atoms. The van der Waals surface area contributed by atoms with Crippen molar-refractivity contribution in [2.24, 2.45) is 0 Å². The van der Waals surface area contributed by atoms with Crippen LogP contribution in [0.4, 0.5) is 0 Å². The maximum absolute atomic E-state index is 4.95. The van der Waals surface area contributed by atoms with Gasteiger partial charge in [0.25, 0.3) is 0 Å². The van der Waals surface area contributed by atoms with Crippen molar-refractivity contribution in [2.75, 3.05) is 0 Å². The minimum absolute atomic E-state index is 0.0684. The molecule has 0 aliphatic rings. The maximum atomic E-state index is 4.95. The first-order valence-corrected chi connectivity index (χ1v) is 16.0. The SMILES string of the molecule is CC(C)(C)c1c2cc(-c3ccc4c(c3)c3ccccc3n4-c3ccccc3)ccc2c(C(C)(C)C)c2c1ccc1cccnc12. The summed E-state index contributed by atoms with van der Waals surface area (Å²) >= 11 is 0. The normalized spacial score (nSPS) is 12.7. The van der Waals surface area contributed by atoms with Gasteiger partial charge in [-0.3, -0.25) is 4.98 Å². The summed E-state index contributed by atoms with van der Waals surface area (Å²) in [4.78, 5) is 4.95. The van der Waals surface area contributed by atoms with Crippen LogP contribution in [0, 0.1) is 0 Å². The van der Waals surface area contributed by atoms with E-state index in [1.165, 1.54) is 76.7 Å². The second-order valence-electron chi connectivity index (χ2n) is 14.5. The van der Waals surface area contributed by atoms with Gasteiger partial charge in [-0.1, -0.05) is 114 Å². The molecular weight excluding hydrogens is 544 g/mol. The molecule has 0 saturated carbocycles. The van der Waals surface area contributed by atoms with Crippen LogP contribution in [0.25, 0.3) is 71.1 Å². The predicted octanol–water partition coefficient (Wildman–Crippen LogP) is 11.9.